The Morgan fingerprint density at radius 3 is 2.67 bits per heavy atom. The van der Waals surface area contributed by atoms with E-state index in [1.165, 1.54) is 12.1 Å². The highest BCUT2D eigenvalue weighted by Crippen LogP contribution is 2.25. The first-order chi connectivity index (χ1) is 8.24. The van der Waals surface area contributed by atoms with Crippen LogP contribution < -0.4 is 10.5 Å². The first-order valence-electron chi connectivity index (χ1n) is 5.47. The predicted octanol–water partition coefficient (Wildman–Crippen LogP) is 1.28. The summed E-state index contributed by atoms with van der Waals surface area (Å²) in [5.74, 6) is 0. The number of anilines is 1. The van der Waals surface area contributed by atoms with Gasteiger partial charge in [0.05, 0.1) is 11.0 Å². The molecule has 0 aliphatic rings. The van der Waals surface area contributed by atoms with E-state index in [1.807, 2.05) is 0 Å². The maximum Gasteiger partial charge on any atom is 0.240 e. The number of nitrogens with one attached hydrogen (secondary N) is 1. The average Bonchev–Trinajstić information content (AvgIpc) is 2.22. The number of nitrogen functional groups attached to an aromatic ring is 1. The van der Waals surface area contributed by atoms with Crippen molar-refractivity contribution in [3.63, 3.8) is 0 Å². The van der Waals surface area contributed by atoms with E-state index in [2.05, 4.69) is 4.72 Å². The maximum absolute atomic E-state index is 12.0. The molecule has 0 aromatic heterocycles. The standard InChI is InChI=1S/C11H17ClN2O3S/c1-7(15)3-4-14-18(16,17)11-6-9(12)5-10(13)8(11)2/h5-7,14-15H,3-4,13H2,1-2H3. The molecule has 5 nitrogen and oxygen atoms in total. The van der Waals surface area contributed by atoms with E-state index in [1.54, 1.807) is 13.8 Å². The fourth-order valence-electron chi connectivity index (χ4n) is 1.43. The molecule has 0 spiro atoms. The minimum Gasteiger partial charge on any atom is -0.398 e. The smallest absolute Gasteiger partial charge is 0.240 e. The summed E-state index contributed by atoms with van der Waals surface area (Å²) < 4.78 is 26.5. The molecule has 1 aromatic rings. The van der Waals surface area contributed by atoms with Gasteiger partial charge in [-0.2, -0.15) is 0 Å². The number of aliphatic hydroxyl groups is 1. The Kier molecular flexibility index (Phi) is 4.98. The van der Waals surface area contributed by atoms with Gasteiger partial charge in [-0.05, 0) is 38.0 Å². The number of hydrogen-bond acceptors (Lipinski definition) is 4. The van der Waals surface area contributed by atoms with E-state index in [0.717, 1.165) is 0 Å². The summed E-state index contributed by atoms with van der Waals surface area (Å²) >= 11 is 5.80. The van der Waals surface area contributed by atoms with Gasteiger partial charge in [0.25, 0.3) is 0 Å². The third-order valence-corrected chi connectivity index (χ3v) is 4.31. The lowest BCUT2D eigenvalue weighted by atomic mass is 10.2. The highest BCUT2D eigenvalue weighted by atomic mass is 35.5. The van der Waals surface area contributed by atoms with Crippen LogP contribution in [0.3, 0.4) is 0 Å². The van der Waals surface area contributed by atoms with Crippen LogP contribution in [0.5, 0.6) is 0 Å². The van der Waals surface area contributed by atoms with Crippen LogP contribution in [0, 0.1) is 6.92 Å². The summed E-state index contributed by atoms with van der Waals surface area (Å²) in [5, 5.41) is 9.36. The topological polar surface area (TPSA) is 92.4 Å². The summed E-state index contributed by atoms with van der Waals surface area (Å²) in [4.78, 5) is 0.0677. The molecule has 0 bridgehead atoms. The molecule has 0 saturated carbocycles. The molecule has 7 heteroatoms. The van der Waals surface area contributed by atoms with Crippen molar-refractivity contribution in [1.82, 2.24) is 4.72 Å². The first kappa shape index (κ1) is 15.2. The van der Waals surface area contributed by atoms with Gasteiger partial charge in [0.2, 0.25) is 10.0 Å². The molecular formula is C11H17ClN2O3S. The van der Waals surface area contributed by atoms with Gasteiger partial charge < -0.3 is 10.8 Å². The molecule has 102 valence electrons. The van der Waals surface area contributed by atoms with Crippen LogP contribution >= 0.6 is 11.6 Å². The summed E-state index contributed by atoms with van der Waals surface area (Å²) in [6, 6.07) is 2.86. The van der Waals surface area contributed by atoms with Gasteiger partial charge >= 0.3 is 0 Å². The van der Waals surface area contributed by atoms with Crippen LogP contribution in [0.25, 0.3) is 0 Å². The lowest BCUT2D eigenvalue weighted by Gasteiger charge is -2.12. The molecule has 0 aliphatic carbocycles. The Hall–Kier alpha value is -0.820. The zero-order valence-corrected chi connectivity index (χ0v) is 11.8. The number of benzene rings is 1. The first-order valence-corrected chi connectivity index (χ1v) is 7.33. The molecule has 0 radical (unpaired) electrons. The summed E-state index contributed by atoms with van der Waals surface area (Å²) in [5.41, 5.74) is 6.47. The Morgan fingerprint density at radius 2 is 2.11 bits per heavy atom. The molecule has 1 atom stereocenters. The Morgan fingerprint density at radius 1 is 1.50 bits per heavy atom. The van der Waals surface area contributed by atoms with Crippen LogP contribution in [0.4, 0.5) is 5.69 Å². The highest BCUT2D eigenvalue weighted by molar-refractivity contribution is 7.89. The fraction of sp³-hybridized carbons (Fsp3) is 0.455. The number of nitrogens with two attached hydrogens (primary N) is 1. The van der Waals surface area contributed by atoms with Gasteiger partial charge in [-0.25, -0.2) is 13.1 Å². The minimum atomic E-state index is -3.66. The average molecular weight is 293 g/mol. The minimum absolute atomic E-state index is 0.0677. The van der Waals surface area contributed by atoms with Crippen molar-refractivity contribution < 1.29 is 13.5 Å². The molecule has 1 aromatic carbocycles. The number of hydrogen-bond donors (Lipinski definition) is 3. The Labute approximate surface area is 112 Å². The molecule has 0 heterocycles. The van der Waals surface area contributed by atoms with Crippen molar-refractivity contribution in [1.29, 1.82) is 0 Å². The molecule has 0 fully saturated rings. The Bertz CT molecular complexity index is 529. The number of sulfonamides is 1. The molecule has 18 heavy (non-hydrogen) atoms. The van der Waals surface area contributed by atoms with Crippen molar-refractivity contribution >= 4 is 27.3 Å². The molecule has 1 unspecified atom stereocenters. The highest BCUT2D eigenvalue weighted by Gasteiger charge is 2.18. The van der Waals surface area contributed by atoms with E-state index in [9.17, 15) is 8.42 Å². The molecule has 1 rings (SSSR count). The van der Waals surface area contributed by atoms with Crippen molar-refractivity contribution in [3.8, 4) is 0 Å². The van der Waals surface area contributed by atoms with Gasteiger partial charge in [0.15, 0.2) is 0 Å². The van der Waals surface area contributed by atoms with Crippen molar-refractivity contribution in [2.24, 2.45) is 0 Å². The summed E-state index contributed by atoms with van der Waals surface area (Å²) in [6.45, 7) is 3.37. The van der Waals surface area contributed by atoms with E-state index in [4.69, 9.17) is 22.4 Å². The molecule has 0 aliphatic heterocycles. The molecule has 0 saturated heterocycles. The zero-order valence-electron chi connectivity index (χ0n) is 10.3. The SMILES string of the molecule is Cc1c(N)cc(Cl)cc1S(=O)(=O)NCCC(C)O. The molecule has 0 amide bonds. The third-order valence-electron chi connectivity index (χ3n) is 2.51. The van der Waals surface area contributed by atoms with Crippen molar-refractivity contribution in [2.75, 3.05) is 12.3 Å². The van der Waals surface area contributed by atoms with Crippen LogP contribution in [0.15, 0.2) is 17.0 Å². The van der Waals surface area contributed by atoms with E-state index < -0.39 is 16.1 Å². The largest absolute Gasteiger partial charge is 0.398 e. The van der Waals surface area contributed by atoms with Gasteiger partial charge in [-0.1, -0.05) is 11.6 Å². The number of aliphatic hydroxyl groups excluding tert-OH is 1. The molecule has 4 N–H and O–H groups in total. The summed E-state index contributed by atoms with van der Waals surface area (Å²) in [6.07, 6.45) is -0.216. The van der Waals surface area contributed by atoms with Crippen molar-refractivity contribution in [3.05, 3.63) is 22.7 Å². The van der Waals surface area contributed by atoms with Crippen LogP contribution in [-0.4, -0.2) is 26.2 Å². The van der Waals surface area contributed by atoms with Gasteiger partial charge in [-0.3, -0.25) is 0 Å². The second kappa shape index (κ2) is 5.88. The maximum atomic E-state index is 12.0. The van der Waals surface area contributed by atoms with E-state index in [0.29, 0.717) is 17.7 Å². The van der Waals surface area contributed by atoms with Gasteiger partial charge in [0, 0.05) is 17.3 Å². The van der Waals surface area contributed by atoms with E-state index in [-0.39, 0.29) is 16.5 Å². The fourth-order valence-corrected chi connectivity index (χ4v) is 3.07. The van der Waals surface area contributed by atoms with Crippen LogP contribution in [0.2, 0.25) is 5.02 Å². The second-order valence-electron chi connectivity index (χ2n) is 4.15. The lowest BCUT2D eigenvalue weighted by Crippen LogP contribution is -2.27. The van der Waals surface area contributed by atoms with Gasteiger partial charge in [-0.15, -0.1) is 0 Å². The number of rotatable bonds is 5. The Balaban J connectivity index is 2.98. The van der Waals surface area contributed by atoms with Crippen LogP contribution in [-0.2, 0) is 10.0 Å². The predicted molar refractivity (Wildman–Crippen MR) is 72.1 cm³/mol. The quantitative estimate of drug-likeness (QED) is 0.713. The molecular weight excluding hydrogens is 276 g/mol. The zero-order chi connectivity index (χ0) is 13.9. The lowest BCUT2D eigenvalue weighted by molar-refractivity contribution is 0.186. The monoisotopic (exact) mass is 292 g/mol. The summed E-state index contributed by atoms with van der Waals surface area (Å²) in [7, 11) is -3.66. The van der Waals surface area contributed by atoms with Gasteiger partial charge in [0.1, 0.15) is 0 Å². The van der Waals surface area contributed by atoms with Crippen LogP contribution in [0.1, 0.15) is 18.9 Å². The number of halogens is 1. The third kappa shape index (κ3) is 3.84. The normalized spacial score (nSPS) is 13.6. The second-order valence-corrected chi connectivity index (χ2v) is 6.33. The van der Waals surface area contributed by atoms with E-state index >= 15 is 0 Å². The van der Waals surface area contributed by atoms with Crippen molar-refractivity contribution in [2.45, 2.75) is 31.3 Å².